The van der Waals surface area contributed by atoms with E-state index in [4.69, 9.17) is 0 Å². The minimum atomic E-state index is -1.39. The fraction of sp³-hybridized carbons (Fsp3) is 0.353. The van der Waals surface area contributed by atoms with Crippen LogP contribution in [0.3, 0.4) is 0 Å². The first kappa shape index (κ1) is 15.5. The average molecular weight is 270 g/mol. The Morgan fingerprint density at radius 2 is 1.68 bits per heavy atom. The van der Waals surface area contributed by atoms with Crippen LogP contribution in [0.25, 0.3) is 0 Å². The number of benzene rings is 1. The van der Waals surface area contributed by atoms with Crippen molar-refractivity contribution in [3.8, 4) is 11.5 Å². The summed E-state index contributed by atoms with van der Waals surface area (Å²) in [7, 11) is -1.39. The third kappa shape index (κ3) is 4.53. The van der Waals surface area contributed by atoms with Crippen LogP contribution in [0.15, 0.2) is 42.5 Å². The Morgan fingerprint density at radius 3 is 2.21 bits per heavy atom. The Bertz CT molecular complexity index is 479. The minimum Gasteiger partial charge on any atom is -0.289 e. The lowest BCUT2D eigenvalue weighted by molar-refractivity contribution is 0.104. The quantitative estimate of drug-likeness (QED) is 0.334. The molecular formula is C17H22OSi. The molecule has 0 aliphatic heterocycles. The third-order valence-corrected chi connectivity index (χ3v) is 8.48. The van der Waals surface area contributed by atoms with Crippen molar-refractivity contribution in [3.05, 3.63) is 48.0 Å². The van der Waals surface area contributed by atoms with Gasteiger partial charge in [0.25, 0.3) is 0 Å². The highest BCUT2D eigenvalue weighted by Crippen LogP contribution is 2.18. The van der Waals surface area contributed by atoms with Crippen molar-refractivity contribution >= 4 is 13.9 Å². The molecule has 0 unspecified atom stereocenters. The van der Waals surface area contributed by atoms with Crippen molar-refractivity contribution in [3.63, 3.8) is 0 Å². The van der Waals surface area contributed by atoms with Gasteiger partial charge < -0.3 is 0 Å². The van der Waals surface area contributed by atoms with Gasteiger partial charge in [0, 0.05) is 5.56 Å². The van der Waals surface area contributed by atoms with E-state index in [1.54, 1.807) is 12.2 Å². The molecule has 1 aromatic carbocycles. The molecule has 0 aliphatic rings. The zero-order valence-electron chi connectivity index (χ0n) is 12.1. The standard InChI is InChI=1S/C17H22OSi/c1-4-19(5-2,6-3)15-11-10-14-17(18)16-12-8-7-9-13-16/h7-10,12-14H,4-6H2,1-3H3/b14-10+. The zero-order chi connectivity index (χ0) is 14.1. The van der Waals surface area contributed by atoms with Gasteiger partial charge in [0.2, 0.25) is 0 Å². The lowest BCUT2D eigenvalue weighted by Crippen LogP contribution is -2.29. The summed E-state index contributed by atoms with van der Waals surface area (Å²) in [5, 5.41) is 0. The molecule has 0 atom stereocenters. The molecule has 0 aliphatic carbocycles. The second kappa shape index (κ2) is 7.76. The highest BCUT2D eigenvalue weighted by Gasteiger charge is 2.23. The molecule has 100 valence electrons. The number of carbonyl (C=O) groups excluding carboxylic acids is 1. The normalized spacial score (nSPS) is 11.1. The van der Waals surface area contributed by atoms with Crippen molar-refractivity contribution in [2.45, 2.75) is 38.9 Å². The SMILES string of the molecule is CC[Si](C#C/C=C/C(=O)c1ccccc1)(CC)CC. The lowest BCUT2D eigenvalue weighted by atomic mass is 10.1. The molecule has 1 rings (SSSR count). The fourth-order valence-corrected chi connectivity index (χ4v) is 4.45. The van der Waals surface area contributed by atoms with Crippen molar-refractivity contribution in [2.24, 2.45) is 0 Å². The van der Waals surface area contributed by atoms with Crippen molar-refractivity contribution in [1.82, 2.24) is 0 Å². The Labute approximate surface area is 117 Å². The van der Waals surface area contributed by atoms with E-state index in [2.05, 4.69) is 32.2 Å². The predicted molar refractivity (Wildman–Crippen MR) is 84.9 cm³/mol. The van der Waals surface area contributed by atoms with Gasteiger partial charge in [-0.3, -0.25) is 4.79 Å². The van der Waals surface area contributed by atoms with Crippen LogP contribution in [0.4, 0.5) is 0 Å². The van der Waals surface area contributed by atoms with Crippen LogP contribution in [-0.4, -0.2) is 13.9 Å². The van der Waals surface area contributed by atoms with E-state index in [1.165, 1.54) is 18.1 Å². The van der Waals surface area contributed by atoms with E-state index in [9.17, 15) is 4.79 Å². The van der Waals surface area contributed by atoms with Gasteiger partial charge in [-0.05, 0) is 30.3 Å². The highest BCUT2D eigenvalue weighted by molar-refractivity contribution is 6.87. The first-order valence-electron chi connectivity index (χ1n) is 6.96. The second-order valence-electron chi connectivity index (χ2n) is 4.67. The van der Waals surface area contributed by atoms with Crippen molar-refractivity contribution in [1.29, 1.82) is 0 Å². The Morgan fingerprint density at radius 1 is 1.11 bits per heavy atom. The molecule has 1 aromatic rings. The van der Waals surface area contributed by atoms with Crippen LogP contribution in [0.1, 0.15) is 31.1 Å². The molecule has 0 spiro atoms. The van der Waals surface area contributed by atoms with Gasteiger partial charge in [-0.1, -0.05) is 57.0 Å². The third-order valence-electron chi connectivity index (χ3n) is 3.74. The van der Waals surface area contributed by atoms with E-state index < -0.39 is 8.07 Å². The summed E-state index contributed by atoms with van der Waals surface area (Å²) in [6, 6.07) is 12.9. The van der Waals surface area contributed by atoms with E-state index in [1.807, 2.05) is 30.3 Å². The number of hydrogen-bond donors (Lipinski definition) is 0. The number of allylic oxidation sites excluding steroid dienone is 2. The molecule has 0 bridgehead atoms. The summed E-state index contributed by atoms with van der Waals surface area (Å²) in [5.74, 6) is 3.11. The first-order chi connectivity index (χ1) is 9.17. The van der Waals surface area contributed by atoms with Crippen LogP contribution < -0.4 is 0 Å². The van der Waals surface area contributed by atoms with Gasteiger partial charge in [0.15, 0.2) is 5.78 Å². The zero-order valence-corrected chi connectivity index (χ0v) is 13.1. The fourth-order valence-electron chi connectivity index (χ4n) is 2.03. The van der Waals surface area contributed by atoms with Crippen LogP contribution in [0.5, 0.6) is 0 Å². The number of ketones is 1. The average Bonchev–Trinajstić information content (AvgIpc) is 2.49. The van der Waals surface area contributed by atoms with Crippen LogP contribution in [-0.2, 0) is 0 Å². The van der Waals surface area contributed by atoms with E-state index in [0.717, 1.165) is 0 Å². The van der Waals surface area contributed by atoms with Gasteiger partial charge in [-0.2, -0.15) is 0 Å². The smallest absolute Gasteiger partial charge is 0.186 e. The van der Waals surface area contributed by atoms with Crippen molar-refractivity contribution < 1.29 is 4.79 Å². The van der Waals surface area contributed by atoms with Gasteiger partial charge in [-0.25, -0.2) is 0 Å². The molecule has 0 saturated carbocycles. The summed E-state index contributed by atoms with van der Waals surface area (Å²) in [5.41, 5.74) is 4.15. The second-order valence-corrected chi connectivity index (χ2v) is 9.61. The predicted octanol–water partition coefficient (Wildman–Crippen LogP) is 4.48. The molecule has 0 aromatic heterocycles. The van der Waals surface area contributed by atoms with E-state index >= 15 is 0 Å². The number of carbonyl (C=O) groups is 1. The molecule has 0 fully saturated rings. The molecule has 19 heavy (non-hydrogen) atoms. The van der Waals surface area contributed by atoms with E-state index in [-0.39, 0.29) is 5.78 Å². The van der Waals surface area contributed by atoms with Gasteiger partial charge in [0.05, 0.1) is 0 Å². The molecule has 0 amide bonds. The summed E-state index contributed by atoms with van der Waals surface area (Å²) in [6.07, 6.45) is 3.28. The first-order valence-corrected chi connectivity index (χ1v) is 9.58. The monoisotopic (exact) mass is 270 g/mol. The minimum absolute atomic E-state index is 0.0201. The van der Waals surface area contributed by atoms with Crippen LogP contribution >= 0.6 is 0 Å². The topological polar surface area (TPSA) is 17.1 Å². The molecular weight excluding hydrogens is 248 g/mol. The molecule has 0 radical (unpaired) electrons. The van der Waals surface area contributed by atoms with Crippen LogP contribution in [0, 0.1) is 11.5 Å². The number of hydrogen-bond acceptors (Lipinski definition) is 1. The summed E-state index contributed by atoms with van der Waals surface area (Å²) < 4.78 is 0. The van der Waals surface area contributed by atoms with Crippen molar-refractivity contribution in [2.75, 3.05) is 0 Å². The molecule has 0 saturated heterocycles. The molecule has 0 heterocycles. The number of rotatable bonds is 5. The lowest BCUT2D eigenvalue weighted by Gasteiger charge is -2.19. The summed E-state index contributed by atoms with van der Waals surface area (Å²) in [4.78, 5) is 11.8. The Kier molecular flexibility index (Phi) is 6.31. The maximum absolute atomic E-state index is 11.8. The molecule has 1 nitrogen and oxygen atoms in total. The maximum Gasteiger partial charge on any atom is 0.186 e. The highest BCUT2D eigenvalue weighted by atomic mass is 28.3. The molecule has 0 N–H and O–H groups in total. The van der Waals surface area contributed by atoms with Crippen LogP contribution in [0.2, 0.25) is 18.1 Å². The Hall–Kier alpha value is -1.59. The van der Waals surface area contributed by atoms with Gasteiger partial charge >= 0.3 is 0 Å². The maximum atomic E-state index is 11.8. The van der Waals surface area contributed by atoms with E-state index in [0.29, 0.717) is 5.56 Å². The summed E-state index contributed by atoms with van der Waals surface area (Å²) >= 11 is 0. The van der Waals surface area contributed by atoms with Gasteiger partial charge in [-0.15, -0.1) is 5.54 Å². The summed E-state index contributed by atoms with van der Waals surface area (Å²) in [6.45, 7) is 6.69. The Balaban J connectivity index is 2.72. The molecule has 2 heteroatoms. The van der Waals surface area contributed by atoms with Gasteiger partial charge in [0.1, 0.15) is 8.07 Å². The largest absolute Gasteiger partial charge is 0.289 e.